The smallest absolute Gasteiger partial charge is 0.252 e. The SMILES string of the molecule is C=CC(=O)Nc1ccc(C(NCC(C)n2cccn2)c2nnnn2C2CC(F)(F)C2)cc1. The molecule has 1 fully saturated rings. The van der Waals surface area contributed by atoms with Gasteiger partial charge in [0.15, 0.2) is 5.82 Å². The van der Waals surface area contributed by atoms with E-state index in [1.165, 1.54) is 10.8 Å². The number of nitrogens with zero attached hydrogens (tertiary/aromatic N) is 6. The number of alkyl halides is 2. The predicted octanol–water partition coefficient (Wildman–Crippen LogP) is 2.90. The van der Waals surface area contributed by atoms with Gasteiger partial charge in [-0.2, -0.15) is 5.10 Å². The first-order chi connectivity index (χ1) is 15.4. The number of carbonyl (C=O) groups excluding carboxylic acids is 1. The zero-order chi connectivity index (χ0) is 22.7. The summed E-state index contributed by atoms with van der Waals surface area (Å²) in [6.07, 6.45) is 4.21. The van der Waals surface area contributed by atoms with Crippen LogP contribution in [0.15, 0.2) is 55.4 Å². The van der Waals surface area contributed by atoms with Gasteiger partial charge in [0.2, 0.25) is 5.91 Å². The third kappa shape index (κ3) is 4.72. The topological polar surface area (TPSA) is 103 Å². The van der Waals surface area contributed by atoms with Crippen LogP contribution >= 0.6 is 0 Å². The number of hydrogen-bond acceptors (Lipinski definition) is 6. The molecule has 0 saturated heterocycles. The summed E-state index contributed by atoms with van der Waals surface area (Å²) in [5.41, 5.74) is 1.44. The van der Waals surface area contributed by atoms with Crippen LogP contribution in [0.4, 0.5) is 14.5 Å². The summed E-state index contributed by atoms with van der Waals surface area (Å²) >= 11 is 0. The Balaban J connectivity index is 1.58. The molecule has 0 aliphatic heterocycles. The third-order valence-electron chi connectivity index (χ3n) is 5.48. The second-order valence-corrected chi connectivity index (χ2v) is 7.89. The molecule has 2 atom stereocenters. The van der Waals surface area contributed by atoms with E-state index in [0.717, 1.165) is 5.56 Å². The first kappa shape index (κ1) is 21.8. The molecule has 0 spiro atoms. The summed E-state index contributed by atoms with van der Waals surface area (Å²) in [5, 5.41) is 22.3. The monoisotopic (exact) mass is 442 g/mol. The van der Waals surface area contributed by atoms with Crippen LogP contribution in [0.3, 0.4) is 0 Å². The van der Waals surface area contributed by atoms with E-state index >= 15 is 0 Å². The fraction of sp³-hybridized carbons (Fsp3) is 0.381. The van der Waals surface area contributed by atoms with Crippen molar-refractivity contribution in [2.75, 3.05) is 11.9 Å². The van der Waals surface area contributed by atoms with E-state index < -0.39 is 18.0 Å². The first-order valence-corrected chi connectivity index (χ1v) is 10.3. The molecule has 2 N–H and O–H groups in total. The molecule has 2 unspecified atom stereocenters. The van der Waals surface area contributed by atoms with Gasteiger partial charge in [-0.1, -0.05) is 18.7 Å². The Morgan fingerprint density at radius 3 is 2.72 bits per heavy atom. The summed E-state index contributed by atoms with van der Waals surface area (Å²) in [6.45, 7) is 5.99. The lowest BCUT2D eigenvalue weighted by molar-refractivity contribution is -0.112. The molecule has 9 nitrogen and oxygen atoms in total. The summed E-state index contributed by atoms with van der Waals surface area (Å²) in [6, 6.07) is 8.18. The highest BCUT2D eigenvalue weighted by Crippen LogP contribution is 2.45. The fourth-order valence-corrected chi connectivity index (χ4v) is 3.69. The fourth-order valence-electron chi connectivity index (χ4n) is 3.69. The molecule has 4 rings (SSSR count). The molecule has 2 aromatic heterocycles. The number of aromatic nitrogens is 6. The Bertz CT molecular complexity index is 1060. The van der Waals surface area contributed by atoms with Gasteiger partial charge in [0.25, 0.3) is 5.92 Å². The number of carbonyl (C=O) groups is 1. The maximum Gasteiger partial charge on any atom is 0.252 e. The Morgan fingerprint density at radius 2 is 2.09 bits per heavy atom. The normalized spacial score (nSPS) is 17.3. The van der Waals surface area contributed by atoms with E-state index in [1.807, 2.05) is 36.0 Å². The van der Waals surface area contributed by atoms with Crippen LogP contribution in [0.25, 0.3) is 0 Å². The van der Waals surface area contributed by atoms with Crippen LogP contribution in [-0.2, 0) is 4.79 Å². The Morgan fingerprint density at radius 1 is 1.34 bits per heavy atom. The minimum Gasteiger partial charge on any atom is -0.323 e. The number of tetrazole rings is 1. The molecule has 168 valence electrons. The van der Waals surface area contributed by atoms with Crippen molar-refractivity contribution in [1.29, 1.82) is 0 Å². The van der Waals surface area contributed by atoms with Crippen LogP contribution in [0.5, 0.6) is 0 Å². The number of rotatable bonds is 9. The van der Waals surface area contributed by atoms with Crippen molar-refractivity contribution >= 4 is 11.6 Å². The average Bonchev–Trinajstić information content (AvgIpc) is 3.45. The van der Waals surface area contributed by atoms with Gasteiger partial charge in [0, 0.05) is 37.5 Å². The van der Waals surface area contributed by atoms with E-state index in [2.05, 4.69) is 37.8 Å². The standard InChI is InChI=1S/C21H24F2N8O/c1-3-18(32)26-16-7-5-15(6-8-16)19(24-13-14(2)30-10-4-9-25-30)20-27-28-29-31(20)17-11-21(22,23)12-17/h3-10,14,17,19,24H,1,11-13H2,2H3,(H,26,32). The Labute approximate surface area is 183 Å². The predicted molar refractivity (Wildman–Crippen MR) is 113 cm³/mol. The molecule has 1 aliphatic rings. The molecule has 1 saturated carbocycles. The molecule has 1 amide bonds. The molecular weight excluding hydrogens is 418 g/mol. The lowest BCUT2D eigenvalue weighted by Gasteiger charge is -2.35. The largest absolute Gasteiger partial charge is 0.323 e. The van der Waals surface area contributed by atoms with Crippen molar-refractivity contribution in [3.63, 3.8) is 0 Å². The number of halogens is 2. The van der Waals surface area contributed by atoms with E-state index in [4.69, 9.17) is 0 Å². The van der Waals surface area contributed by atoms with E-state index in [1.54, 1.807) is 18.3 Å². The van der Waals surface area contributed by atoms with Crippen molar-refractivity contribution in [2.45, 2.75) is 43.8 Å². The molecule has 0 radical (unpaired) electrons. The molecule has 2 heterocycles. The molecule has 32 heavy (non-hydrogen) atoms. The summed E-state index contributed by atoms with van der Waals surface area (Å²) in [4.78, 5) is 11.5. The second kappa shape index (κ2) is 8.95. The van der Waals surface area contributed by atoms with Gasteiger partial charge in [0.05, 0.1) is 18.1 Å². The number of anilines is 1. The Kier molecular flexibility index (Phi) is 6.08. The van der Waals surface area contributed by atoms with Crippen molar-refractivity contribution < 1.29 is 13.6 Å². The van der Waals surface area contributed by atoms with E-state index in [9.17, 15) is 13.6 Å². The van der Waals surface area contributed by atoms with Crippen molar-refractivity contribution in [1.82, 2.24) is 35.3 Å². The highest BCUT2D eigenvalue weighted by atomic mass is 19.3. The lowest BCUT2D eigenvalue weighted by atomic mass is 9.88. The number of amides is 1. The first-order valence-electron chi connectivity index (χ1n) is 10.3. The molecule has 0 bridgehead atoms. The van der Waals surface area contributed by atoms with E-state index in [0.29, 0.717) is 18.1 Å². The van der Waals surface area contributed by atoms with Crippen LogP contribution in [0.1, 0.15) is 49.3 Å². The van der Waals surface area contributed by atoms with Crippen LogP contribution < -0.4 is 10.6 Å². The van der Waals surface area contributed by atoms with Crippen LogP contribution in [-0.4, -0.2) is 48.4 Å². The number of hydrogen-bond donors (Lipinski definition) is 2. The molecule has 11 heteroatoms. The zero-order valence-electron chi connectivity index (χ0n) is 17.5. The summed E-state index contributed by atoms with van der Waals surface area (Å²) in [7, 11) is 0. The minimum absolute atomic E-state index is 0.0380. The Hall–Kier alpha value is -3.47. The zero-order valence-corrected chi connectivity index (χ0v) is 17.5. The van der Waals surface area contributed by atoms with Crippen molar-refractivity contribution in [3.05, 3.63) is 66.8 Å². The van der Waals surface area contributed by atoms with Gasteiger partial charge in [0.1, 0.15) is 0 Å². The molecule has 1 aliphatic carbocycles. The van der Waals surface area contributed by atoms with Crippen LogP contribution in [0.2, 0.25) is 0 Å². The van der Waals surface area contributed by atoms with Gasteiger partial charge in [-0.3, -0.25) is 9.48 Å². The van der Waals surface area contributed by atoms with Crippen molar-refractivity contribution in [3.8, 4) is 0 Å². The molecular formula is C21H24F2N8O. The average molecular weight is 442 g/mol. The van der Waals surface area contributed by atoms with Gasteiger partial charge in [-0.25, -0.2) is 13.5 Å². The minimum atomic E-state index is -2.68. The maximum absolute atomic E-state index is 13.5. The highest BCUT2D eigenvalue weighted by molar-refractivity contribution is 5.98. The van der Waals surface area contributed by atoms with Crippen molar-refractivity contribution in [2.24, 2.45) is 0 Å². The van der Waals surface area contributed by atoms with Gasteiger partial charge in [-0.15, -0.1) is 5.10 Å². The summed E-state index contributed by atoms with van der Waals surface area (Å²) < 4.78 is 30.3. The molecule has 3 aromatic rings. The summed E-state index contributed by atoms with van der Waals surface area (Å²) in [5.74, 6) is -2.53. The van der Waals surface area contributed by atoms with E-state index in [-0.39, 0.29) is 24.8 Å². The van der Waals surface area contributed by atoms with Gasteiger partial charge >= 0.3 is 0 Å². The quantitative estimate of drug-likeness (QED) is 0.494. The van der Waals surface area contributed by atoms with Crippen LogP contribution in [0, 0.1) is 0 Å². The highest BCUT2D eigenvalue weighted by Gasteiger charge is 2.48. The van der Waals surface area contributed by atoms with Gasteiger partial charge in [-0.05, 0) is 47.2 Å². The maximum atomic E-state index is 13.5. The lowest BCUT2D eigenvalue weighted by Crippen LogP contribution is -2.39. The van der Waals surface area contributed by atoms with Gasteiger partial charge < -0.3 is 10.6 Å². The number of nitrogens with one attached hydrogen (secondary N) is 2. The number of benzene rings is 1. The molecule has 1 aromatic carbocycles. The third-order valence-corrected chi connectivity index (χ3v) is 5.48. The second-order valence-electron chi connectivity index (χ2n) is 7.89.